The van der Waals surface area contributed by atoms with E-state index in [0.717, 1.165) is 5.56 Å². The van der Waals surface area contributed by atoms with E-state index < -0.39 is 16.6 Å². The summed E-state index contributed by atoms with van der Waals surface area (Å²) in [4.78, 5) is 8.67. The Hall–Kier alpha value is -2.03. The number of hydrogen-bond donors (Lipinski definition) is 3. The fraction of sp³-hybridized carbons (Fsp3) is 0.458. The fourth-order valence-electron chi connectivity index (χ4n) is 4.19. The van der Waals surface area contributed by atoms with Crippen molar-refractivity contribution >= 4 is 24.0 Å². The van der Waals surface area contributed by atoms with Gasteiger partial charge in [0.15, 0.2) is 0 Å². The summed E-state index contributed by atoms with van der Waals surface area (Å²) >= 11 is 6.60. The quantitative estimate of drug-likeness (QED) is 0.468. The van der Waals surface area contributed by atoms with Crippen LogP contribution in [0.2, 0.25) is 5.02 Å². The highest BCUT2D eigenvalue weighted by Gasteiger charge is 2.53. The van der Waals surface area contributed by atoms with Gasteiger partial charge >= 0.3 is 0 Å². The lowest BCUT2D eigenvalue weighted by molar-refractivity contribution is -0.0769. The Kier molecular flexibility index (Phi) is 6.95. The molecule has 1 aliphatic heterocycles. The number of aliphatic hydroxyl groups is 2. The molecule has 1 aromatic carbocycles. The highest BCUT2D eigenvalue weighted by molar-refractivity contribution is 6.31. The number of halogens is 2. The highest BCUT2D eigenvalue weighted by Crippen LogP contribution is 2.48. The van der Waals surface area contributed by atoms with Crippen LogP contribution in [0.25, 0.3) is 11.4 Å². The zero-order chi connectivity index (χ0) is 23.3. The van der Waals surface area contributed by atoms with Gasteiger partial charge in [0, 0.05) is 47.0 Å². The van der Waals surface area contributed by atoms with E-state index in [1.807, 2.05) is 31.2 Å². The Bertz CT molecular complexity index is 1140. The number of hydrogen-bond acceptors (Lipinski definition) is 7. The first-order chi connectivity index (χ1) is 15.0. The van der Waals surface area contributed by atoms with E-state index in [1.54, 1.807) is 26.2 Å². The minimum absolute atomic E-state index is 0. The van der Waals surface area contributed by atoms with Crippen molar-refractivity contribution in [3.05, 3.63) is 64.3 Å². The van der Waals surface area contributed by atoms with Gasteiger partial charge in [-0.25, -0.2) is 0 Å². The van der Waals surface area contributed by atoms with Gasteiger partial charge in [-0.15, -0.1) is 12.4 Å². The first-order valence-corrected chi connectivity index (χ1v) is 11.1. The maximum atomic E-state index is 12.2. The molecule has 0 spiro atoms. The van der Waals surface area contributed by atoms with Crippen molar-refractivity contribution in [1.29, 1.82) is 0 Å². The Morgan fingerprint density at radius 1 is 1.12 bits per heavy atom. The van der Waals surface area contributed by atoms with Crippen LogP contribution in [-0.2, 0) is 11.2 Å². The van der Waals surface area contributed by atoms with Gasteiger partial charge in [-0.05, 0) is 43.0 Å². The van der Waals surface area contributed by atoms with Crippen molar-refractivity contribution < 1.29 is 14.7 Å². The molecule has 1 aliphatic rings. The summed E-state index contributed by atoms with van der Waals surface area (Å²) in [6.07, 6.45) is 3.27. The molecule has 2 aromatic heterocycles. The molecule has 3 N–H and O–H groups in total. The molecule has 3 aromatic rings. The summed E-state index contributed by atoms with van der Waals surface area (Å²) in [5.74, 6) is 0.682. The molecular weight excluding hydrogens is 463 g/mol. The summed E-state index contributed by atoms with van der Waals surface area (Å²) in [6, 6.07) is 7.60. The highest BCUT2D eigenvalue weighted by atomic mass is 35.5. The average Bonchev–Trinajstić information content (AvgIpc) is 3.22. The van der Waals surface area contributed by atoms with Crippen molar-refractivity contribution in [3.63, 3.8) is 0 Å². The molecule has 1 atom stereocenters. The molecule has 0 radical (unpaired) electrons. The number of pyridine rings is 1. The normalized spacial score (nSPS) is 17.2. The van der Waals surface area contributed by atoms with E-state index >= 15 is 0 Å². The Balaban J connectivity index is 0.00000306. The van der Waals surface area contributed by atoms with Crippen molar-refractivity contribution in [2.24, 2.45) is 5.41 Å². The molecule has 3 heterocycles. The molecule has 4 rings (SSSR count). The fourth-order valence-corrected chi connectivity index (χ4v) is 4.59. The molecule has 7 nitrogen and oxygen atoms in total. The summed E-state index contributed by atoms with van der Waals surface area (Å²) < 4.78 is 5.22. The van der Waals surface area contributed by atoms with Gasteiger partial charge < -0.3 is 20.1 Å². The minimum Gasteiger partial charge on any atom is -0.381 e. The third-order valence-electron chi connectivity index (χ3n) is 6.31. The molecule has 1 fully saturated rings. The minimum atomic E-state index is -1.34. The molecule has 178 valence electrons. The monoisotopic (exact) mass is 492 g/mol. The van der Waals surface area contributed by atoms with E-state index in [9.17, 15) is 10.2 Å². The molecule has 1 saturated heterocycles. The van der Waals surface area contributed by atoms with Crippen LogP contribution in [0.1, 0.15) is 63.1 Å². The van der Waals surface area contributed by atoms with Gasteiger partial charge in [-0.1, -0.05) is 49.7 Å². The van der Waals surface area contributed by atoms with Crippen molar-refractivity contribution in [2.75, 3.05) is 13.1 Å². The molecule has 0 unspecified atom stereocenters. The number of aromatic nitrogens is 3. The molecule has 0 amide bonds. The second kappa shape index (κ2) is 8.96. The zero-order valence-electron chi connectivity index (χ0n) is 19.4. The van der Waals surface area contributed by atoms with Crippen molar-refractivity contribution in [3.8, 4) is 11.4 Å². The number of nitrogens with zero attached hydrogens (tertiary/aromatic N) is 3. The molecule has 9 heteroatoms. The van der Waals surface area contributed by atoms with Crippen LogP contribution in [0, 0.1) is 5.41 Å². The molecule has 0 bridgehead atoms. The third kappa shape index (κ3) is 4.40. The van der Waals surface area contributed by atoms with E-state index in [2.05, 4.69) is 34.3 Å². The SMILES string of the molecule is CC(C)c1ccc([C@](O)(c2cncc(-c3noc(C(C)(C)O)n3)c2)C2(C)CNC2)cc1Cl.Cl. The molecule has 33 heavy (non-hydrogen) atoms. The summed E-state index contributed by atoms with van der Waals surface area (Å²) in [5.41, 5.74) is -0.123. The second-order valence-corrected chi connectivity index (χ2v) is 10.1. The van der Waals surface area contributed by atoms with Gasteiger partial charge in [-0.3, -0.25) is 4.98 Å². The predicted molar refractivity (Wildman–Crippen MR) is 130 cm³/mol. The van der Waals surface area contributed by atoms with Gasteiger partial charge in [0.25, 0.3) is 5.89 Å². The second-order valence-electron chi connectivity index (χ2n) is 9.71. The van der Waals surface area contributed by atoms with Gasteiger partial charge in [0.2, 0.25) is 5.82 Å². The van der Waals surface area contributed by atoms with Crippen molar-refractivity contribution in [1.82, 2.24) is 20.4 Å². The lowest BCUT2D eigenvalue weighted by Crippen LogP contribution is -2.63. The predicted octanol–water partition coefficient (Wildman–Crippen LogP) is 4.40. The summed E-state index contributed by atoms with van der Waals surface area (Å²) in [5, 5.41) is 30.3. The van der Waals surface area contributed by atoms with Crippen molar-refractivity contribution in [2.45, 2.75) is 51.7 Å². The largest absolute Gasteiger partial charge is 0.381 e. The Labute approximate surface area is 205 Å². The maximum Gasteiger partial charge on any atom is 0.258 e. The van der Waals surface area contributed by atoms with Crippen LogP contribution in [0.4, 0.5) is 0 Å². The standard InChI is InChI=1S/C24H29ClN4O3.ClH/c1-14(2)18-7-6-16(9-19(18)25)24(31,23(5)12-27-13-23)17-8-15(10-26-11-17)20-28-21(32-29-20)22(3,4)30;/h6-11,14,27,30-31H,12-13H2,1-5H3;1H/t24-;/m0./s1. The zero-order valence-corrected chi connectivity index (χ0v) is 21.0. The molecule has 0 saturated carbocycles. The number of nitrogens with one attached hydrogen (secondary N) is 1. The lowest BCUT2D eigenvalue weighted by atomic mass is 9.63. The van der Waals surface area contributed by atoms with Crippen LogP contribution in [-0.4, -0.2) is 38.4 Å². The van der Waals surface area contributed by atoms with Crippen LogP contribution < -0.4 is 5.32 Å². The lowest BCUT2D eigenvalue weighted by Gasteiger charge is -2.52. The van der Waals surface area contributed by atoms with Crippen LogP contribution in [0.5, 0.6) is 0 Å². The summed E-state index contributed by atoms with van der Waals surface area (Å²) in [7, 11) is 0. The van der Waals surface area contributed by atoms with E-state index in [0.29, 0.717) is 40.6 Å². The maximum absolute atomic E-state index is 12.2. The van der Waals surface area contributed by atoms with E-state index in [-0.39, 0.29) is 24.2 Å². The Morgan fingerprint density at radius 3 is 2.33 bits per heavy atom. The third-order valence-corrected chi connectivity index (χ3v) is 6.63. The van der Waals surface area contributed by atoms with Gasteiger partial charge in [-0.2, -0.15) is 4.98 Å². The molecular formula is C24H30Cl2N4O3. The summed E-state index contributed by atoms with van der Waals surface area (Å²) in [6.45, 7) is 10.7. The average molecular weight is 493 g/mol. The topological polar surface area (TPSA) is 104 Å². The van der Waals surface area contributed by atoms with E-state index in [1.165, 1.54) is 0 Å². The van der Waals surface area contributed by atoms with E-state index in [4.69, 9.17) is 16.1 Å². The number of benzene rings is 1. The molecule has 0 aliphatic carbocycles. The van der Waals surface area contributed by atoms with Crippen LogP contribution in [0.15, 0.2) is 41.2 Å². The van der Waals surface area contributed by atoms with Gasteiger partial charge in [0.05, 0.1) is 0 Å². The Morgan fingerprint density at radius 2 is 1.82 bits per heavy atom. The van der Waals surface area contributed by atoms with Gasteiger partial charge in [0.1, 0.15) is 11.2 Å². The van der Waals surface area contributed by atoms with Crippen LogP contribution in [0.3, 0.4) is 0 Å². The smallest absolute Gasteiger partial charge is 0.258 e. The first kappa shape index (κ1) is 25.6. The first-order valence-electron chi connectivity index (χ1n) is 10.7. The van der Waals surface area contributed by atoms with Crippen LogP contribution >= 0.6 is 24.0 Å². The number of rotatable bonds is 6.